The first-order valence-electron chi connectivity index (χ1n) is 4.53. The Morgan fingerprint density at radius 1 is 0.933 bits per heavy atom. The molecule has 2 N–H and O–H groups in total. The summed E-state index contributed by atoms with van der Waals surface area (Å²) >= 11 is 0. The van der Waals surface area contributed by atoms with Crippen LogP contribution in [0.5, 0.6) is 0 Å². The van der Waals surface area contributed by atoms with Gasteiger partial charge in [0.15, 0.2) is 0 Å². The standard InChI is InChI=1S/C8H20N2O4S/c1-7(2,3)13-10(15(9,11)12)14-8(4,5)6/h1-6H3,(H2,9,11,12). The topological polar surface area (TPSA) is 81.9 Å². The SMILES string of the molecule is CC(C)(C)ON(OC(C)(C)C)S(N)(=O)=O. The van der Waals surface area contributed by atoms with Crippen LogP contribution in [0.15, 0.2) is 0 Å². The average Bonchev–Trinajstić information content (AvgIpc) is 1.75. The van der Waals surface area contributed by atoms with E-state index in [2.05, 4.69) is 0 Å². The van der Waals surface area contributed by atoms with Gasteiger partial charge in [0.1, 0.15) is 0 Å². The zero-order chi connectivity index (χ0) is 12.5. The third kappa shape index (κ3) is 7.69. The minimum atomic E-state index is -4.04. The molecule has 0 aromatic rings. The van der Waals surface area contributed by atoms with Gasteiger partial charge in [0, 0.05) is 0 Å². The highest BCUT2D eigenvalue weighted by Crippen LogP contribution is 2.18. The quantitative estimate of drug-likeness (QED) is 0.745. The van der Waals surface area contributed by atoms with E-state index in [-0.39, 0.29) is 0 Å². The zero-order valence-corrected chi connectivity index (χ0v) is 10.9. The van der Waals surface area contributed by atoms with E-state index in [0.717, 1.165) is 0 Å². The van der Waals surface area contributed by atoms with Crippen molar-refractivity contribution in [1.29, 1.82) is 0 Å². The maximum absolute atomic E-state index is 11.1. The summed E-state index contributed by atoms with van der Waals surface area (Å²) in [5.74, 6) is 0. The first-order chi connectivity index (χ1) is 6.31. The van der Waals surface area contributed by atoms with Crippen molar-refractivity contribution in [3.63, 3.8) is 0 Å². The highest BCUT2D eigenvalue weighted by molar-refractivity contribution is 7.86. The molecule has 0 bridgehead atoms. The van der Waals surface area contributed by atoms with E-state index in [0.29, 0.717) is 4.63 Å². The van der Waals surface area contributed by atoms with Gasteiger partial charge in [-0.2, -0.15) is 8.42 Å². The van der Waals surface area contributed by atoms with Crippen molar-refractivity contribution in [1.82, 2.24) is 4.63 Å². The summed E-state index contributed by atoms with van der Waals surface area (Å²) in [5, 5.41) is 4.94. The van der Waals surface area contributed by atoms with E-state index in [1.165, 1.54) is 0 Å². The molecule has 0 aliphatic carbocycles. The molecule has 7 heteroatoms. The van der Waals surface area contributed by atoms with Crippen LogP contribution in [0, 0.1) is 0 Å². The first-order valence-corrected chi connectivity index (χ1v) is 6.03. The molecule has 0 fully saturated rings. The van der Waals surface area contributed by atoms with Crippen LogP contribution < -0.4 is 5.14 Å². The Labute approximate surface area is 91.4 Å². The molecule has 0 saturated carbocycles. The lowest BCUT2D eigenvalue weighted by molar-refractivity contribution is -0.371. The largest absolute Gasteiger partial charge is 0.323 e. The zero-order valence-electron chi connectivity index (χ0n) is 10.1. The molecule has 0 saturated heterocycles. The van der Waals surface area contributed by atoms with Gasteiger partial charge in [0.05, 0.1) is 15.8 Å². The monoisotopic (exact) mass is 240 g/mol. The molecule has 0 heterocycles. The molecule has 0 aromatic carbocycles. The van der Waals surface area contributed by atoms with E-state index in [9.17, 15) is 8.42 Å². The Morgan fingerprint density at radius 2 is 1.20 bits per heavy atom. The van der Waals surface area contributed by atoms with Gasteiger partial charge < -0.3 is 0 Å². The van der Waals surface area contributed by atoms with Crippen molar-refractivity contribution in [2.75, 3.05) is 0 Å². The van der Waals surface area contributed by atoms with Crippen LogP contribution in [0.1, 0.15) is 41.5 Å². The molecular weight excluding hydrogens is 220 g/mol. The van der Waals surface area contributed by atoms with Crippen molar-refractivity contribution in [3.05, 3.63) is 0 Å². The Kier molecular flexibility index (Phi) is 4.28. The lowest BCUT2D eigenvalue weighted by Gasteiger charge is -2.31. The van der Waals surface area contributed by atoms with Crippen molar-refractivity contribution in [2.45, 2.75) is 52.7 Å². The fraction of sp³-hybridized carbons (Fsp3) is 1.00. The summed E-state index contributed by atoms with van der Waals surface area (Å²) in [7, 11) is -4.04. The van der Waals surface area contributed by atoms with Crippen LogP contribution >= 0.6 is 0 Å². The molecule has 0 aliphatic heterocycles. The number of hydrogen-bond donors (Lipinski definition) is 1. The lowest BCUT2D eigenvalue weighted by Crippen LogP contribution is -2.45. The van der Waals surface area contributed by atoms with E-state index >= 15 is 0 Å². The predicted molar refractivity (Wildman–Crippen MR) is 56.6 cm³/mol. The minimum Gasteiger partial charge on any atom is -0.254 e. The van der Waals surface area contributed by atoms with E-state index in [4.69, 9.17) is 14.8 Å². The predicted octanol–water partition coefficient (Wildman–Crippen LogP) is 0.952. The molecule has 6 nitrogen and oxygen atoms in total. The Balaban J connectivity index is 4.79. The van der Waals surface area contributed by atoms with Crippen LogP contribution in [-0.4, -0.2) is 24.3 Å². The molecule has 92 valence electrons. The molecule has 0 unspecified atom stereocenters. The van der Waals surface area contributed by atoms with Crippen LogP contribution in [0.4, 0.5) is 0 Å². The third-order valence-corrected chi connectivity index (χ3v) is 1.47. The third-order valence-electron chi connectivity index (χ3n) is 0.905. The highest BCUT2D eigenvalue weighted by atomic mass is 32.2. The number of nitrogens with two attached hydrogens (primary N) is 1. The molecule has 15 heavy (non-hydrogen) atoms. The van der Waals surface area contributed by atoms with Crippen LogP contribution in [-0.2, 0) is 19.9 Å². The minimum absolute atomic E-state index is 0.354. The maximum atomic E-state index is 11.1. The fourth-order valence-corrected chi connectivity index (χ4v) is 1.22. The van der Waals surface area contributed by atoms with Gasteiger partial charge in [0.2, 0.25) is 0 Å². The second kappa shape index (κ2) is 4.34. The second-order valence-electron chi connectivity index (χ2n) is 5.15. The summed E-state index contributed by atoms with van der Waals surface area (Å²) in [5.41, 5.74) is -1.42. The molecule has 0 rings (SSSR count). The van der Waals surface area contributed by atoms with Gasteiger partial charge in [-0.3, -0.25) is 9.68 Å². The fourth-order valence-electron chi connectivity index (χ4n) is 0.570. The molecular formula is C8H20N2O4S. The number of hydrogen-bond acceptors (Lipinski definition) is 4. The van der Waals surface area contributed by atoms with Gasteiger partial charge in [-0.05, 0) is 41.5 Å². The molecule has 0 radical (unpaired) electrons. The smallest absolute Gasteiger partial charge is 0.254 e. The number of rotatable bonds is 3. The molecule has 0 amide bonds. The van der Waals surface area contributed by atoms with E-state index in [1.807, 2.05) is 0 Å². The maximum Gasteiger partial charge on any atom is 0.323 e. The molecule has 0 spiro atoms. The van der Waals surface area contributed by atoms with E-state index < -0.39 is 21.4 Å². The Morgan fingerprint density at radius 3 is 1.33 bits per heavy atom. The van der Waals surface area contributed by atoms with Crippen LogP contribution in [0.2, 0.25) is 0 Å². The molecule has 0 aliphatic rings. The van der Waals surface area contributed by atoms with Gasteiger partial charge >= 0.3 is 10.2 Å². The number of nitrogens with zero attached hydrogens (tertiary/aromatic N) is 1. The summed E-state index contributed by atoms with van der Waals surface area (Å²) in [4.78, 5) is 10.2. The van der Waals surface area contributed by atoms with E-state index in [1.54, 1.807) is 41.5 Å². The normalized spacial score (nSPS) is 14.7. The van der Waals surface area contributed by atoms with Gasteiger partial charge in [-0.15, -0.1) is 0 Å². The van der Waals surface area contributed by atoms with Crippen molar-refractivity contribution in [3.8, 4) is 0 Å². The van der Waals surface area contributed by atoms with Gasteiger partial charge in [0.25, 0.3) is 0 Å². The second-order valence-corrected chi connectivity index (χ2v) is 6.47. The summed E-state index contributed by atoms with van der Waals surface area (Å²) in [6, 6.07) is 0. The van der Waals surface area contributed by atoms with Gasteiger partial charge in [-0.25, -0.2) is 5.14 Å². The van der Waals surface area contributed by atoms with Crippen molar-refractivity contribution < 1.29 is 18.1 Å². The van der Waals surface area contributed by atoms with Crippen molar-refractivity contribution >= 4 is 10.2 Å². The Bertz CT molecular complexity index is 284. The highest BCUT2D eigenvalue weighted by Gasteiger charge is 2.30. The molecule has 0 atom stereocenters. The van der Waals surface area contributed by atoms with Crippen LogP contribution in [0.3, 0.4) is 0 Å². The van der Waals surface area contributed by atoms with Crippen molar-refractivity contribution in [2.24, 2.45) is 5.14 Å². The van der Waals surface area contributed by atoms with Crippen LogP contribution in [0.25, 0.3) is 0 Å². The Hall–Kier alpha value is -0.210. The molecule has 0 aromatic heterocycles. The first kappa shape index (κ1) is 14.8. The summed E-state index contributed by atoms with van der Waals surface area (Å²) in [6.45, 7) is 10.2. The summed E-state index contributed by atoms with van der Waals surface area (Å²) < 4.78 is 22.6. The summed E-state index contributed by atoms with van der Waals surface area (Å²) in [6.07, 6.45) is 0. The lowest BCUT2D eigenvalue weighted by atomic mass is 10.2. The average molecular weight is 240 g/mol. The van der Waals surface area contributed by atoms with Gasteiger partial charge in [-0.1, -0.05) is 0 Å².